The van der Waals surface area contributed by atoms with E-state index in [9.17, 15) is 4.79 Å². The van der Waals surface area contributed by atoms with E-state index in [0.717, 1.165) is 15.2 Å². The maximum absolute atomic E-state index is 10.7. The highest BCUT2D eigenvalue weighted by molar-refractivity contribution is 9.11. The van der Waals surface area contributed by atoms with E-state index in [1.807, 2.05) is 29.9 Å². The van der Waals surface area contributed by atoms with Crippen LogP contribution in [0.3, 0.4) is 0 Å². The summed E-state index contributed by atoms with van der Waals surface area (Å²) in [5.74, 6) is -0.106. The Labute approximate surface area is 127 Å². The SMILES string of the molecule is CC(C)n1c(SCC(=O)O)nnc1-c1csc(Br)c1. The lowest BCUT2D eigenvalue weighted by molar-refractivity contribution is -0.133. The van der Waals surface area contributed by atoms with E-state index in [1.165, 1.54) is 11.8 Å². The first kappa shape index (κ1) is 14.5. The smallest absolute Gasteiger partial charge is 0.313 e. The minimum atomic E-state index is -0.858. The summed E-state index contributed by atoms with van der Waals surface area (Å²) in [4.78, 5) is 10.7. The summed E-state index contributed by atoms with van der Waals surface area (Å²) < 4.78 is 2.99. The monoisotopic (exact) mass is 361 g/mol. The Morgan fingerprint density at radius 2 is 2.32 bits per heavy atom. The molecule has 2 heterocycles. The fourth-order valence-electron chi connectivity index (χ4n) is 1.59. The van der Waals surface area contributed by atoms with Gasteiger partial charge in [-0.15, -0.1) is 21.5 Å². The summed E-state index contributed by atoms with van der Waals surface area (Å²) >= 11 is 6.19. The lowest BCUT2D eigenvalue weighted by Gasteiger charge is -2.12. The molecule has 0 saturated carbocycles. The van der Waals surface area contributed by atoms with Crippen molar-refractivity contribution in [1.82, 2.24) is 14.8 Å². The molecule has 0 aliphatic heterocycles. The Bertz CT molecular complexity index is 595. The van der Waals surface area contributed by atoms with Gasteiger partial charge in [0.1, 0.15) is 0 Å². The zero-order valence-corrected chi connectivity index (χ0v) is 13.5. The second-order valence-corrected chi connectivity index (χ2v) is 7.32. The highest BCUT2D eigenvalue weighted by Crippen LogP contribution is 2.32. The van der Waals surface area contributed by atoms with Crippen LogP contribution in [-0.4, -0.2) is 31.6 Å². The van der Waals surface area contributed by atoms with Crippen molar-refractivity contribution in [3.63, 3.8) is 0 Å². The number of hydrogen-bond acceptors (Lipinski definition) is 5. The number of carboxylic acids is 1. The van der Waals surface area contributed by atoms with Gasteiger partial charge in [0.05, 0.1) is 9.54 Å². The molecular weight excluding hydrogens is 350 g/mol. The van der Waals surface area contributed by atoms with Gasteiger partial charge in [-0.05, 0) is 35.8 Å². The molecule has 0 amide bonds. The largest absolute Gasteiger partial charge is 0.481 e. The second kappa shape index (κ2) is 6.06. The van der Waals surface area contributed by atoms with E-state index in [0.29, 0.717) is 5.16 Å². The number of carboxylic acid groups (broad SMARTS) is 1. The number of nitrogens with zero attached hydrogens (tertiary/aromatic N) is 3. The van der Waals surface area contributed by atoms with Crippen molar-refractivity contribution in [3.05, 3.63) is 15.2 Å². The third-order valence-corrected chi connectivity index (χ3v) is 4.76. The Hall–Kier alpha value is -0.860. The molecule has 19 heavy (non-hydrogen) atoms. The van der Waals surface area contributed by atoms with Gasteiger partial charge in [-0.2, -0.15) is 0 Å². The van der Waals surface area contributed by atoms with Crippen LogP contribution >= 0.6 is 39.0 Å². The minimum absolute atomic E-state index is 0.0157. The number of aliphatic carboxylic acids is 1. The first-order valence-corrected chi connectivity index (χ1v) is 8.18. The molecule has 0 atom stereocenters. The molecule has 8 heteroatoms. The number of thioether (sulfide) groups is 1. The molecule has 0 aliphatic carbocycles. The predicted molar refractivity (Wildman–Crippen MR) is 79.8 cm³/mol. The molecule has 2 aromatic heterocycles. The van der Waals surface area contributed by atoms with Crippen LogP contribution in [0.2, 0.25) is 0 Å². The molecule has 0 radical (unpaired) electrons. The summed E-state index contributed by atoms with van der Waals surface area (Å²) in [7, 11) is 0. The van der Waals surface area contributed by atoms with Crippen molar-refractivity contribution in [2.75, 3.05) is 5.75 Å². The second-order valence-electron chi connectivity index (χ2n) is 4.09. The summed E-state index contributed by atoms with van der Waals surface area (Å²) in [6, 6.07) is 2.15. The van der Waals surface area contributed by atoms with E-state index in [-0.39, 0.29) is 11.8 Å². The van der Waals surface area contributed by atoms with Crippen LogP contribution in [0.4, 0.5) is 0 Å². The zero-order valence-electron chi connectivity index (χ0n) is 10.3. The number of thiophene rings is 1. The highest BCUT2D eigenvalue weighted by Gasteiger charge is 2.18. The van der Waals surface area contributed by atoms with Crippen LogP contribution in [0.1, 0.15) is 19.9 Å². The van der Waals surface area contributed by atoms with Crippen LogP contribution < -0.4 is 0 Å². The number of carbonyl (C=O) groups is 1. The number of aromatic nitrogens is 3. The summed E-state index contributed by atoms with van der Waals surface area (Å²) in [5.41, 5.74) is 0.986. The summed E-state index contributed by atoms with van der Waals surface area (Å²) in [6.45, 7) is 4.05. The van der Waals surface area contributed by atoms with Gasteiger partial charge in [-0.3, -0.25) is 9.36 Å². The number of hydrogen-bond donors (Lipinski definition) is 1. The third-order valence-electron chi connectivity index (χ3n) is 2.33. The maximum atomic E-state index is 10.7. The standard InChI is InChI=1S/C11H12BrN3O2S2/c1-6(2)15-10(7-3-8(12)18-4-7)13-14-11(15)19-5-9(16)17/h3-4,6H,5H2,1-2H3,(H,16,17). The van der Waals surface area contributed by atoms with Crippen LogP contribution in [0.15, 0.2) is 20.4 Å². The Kier molecular flexibility index (Phi) is 4.64. The molecule has 1 N–H and O–H groups in total. The van der Waals surface area contributed by atoms with E-state index in [1.54, 1.807) is 11.3 Å². The molecule has 2 rings (SSSR count). The Morgan fingerprint density at radius 3 is 2.84 bits per heavy atom. The molecule has 0 unspecified atom stereocenters. The highest BCUT2D eigenvalue weighted by atomic mass is 79.9. The number of halogens is 1. The molecule has 0 bridgehead atoms. The van der Waals surface area contributed by atoms with Gasteiger partial charge in [0.2, 0.25) is 0 Å². The molecule has 0 saturated heterocycles. The Morgan fingerprint density at radius 1 is 1.58 bits per heavy atom. The van der Waals surface area contributed by atoms with Crippen LogP contribution in [-0.2, 0) is 4.79 Å². The van der Waals surface area contributed by atoms with Gasteiger partial charge in [0.15, 0.2) is 11.0 Å². The average molecular weight is 362 g/mol. The lowest BCUT2D eigenvalue weighted by Crippen LogP contribution is -2.06. The molecule has 2 aromatic rings. The molecule has 102 valence electrons. The van der Waals surface area contributed by atoms with Crippen LogP contribution in [0.25, 0.3) is 11.4 Å². The lowest BCUT2D eigenvalue weighted by atomic mass is 10.3. The summed E-state index contributed by atoms with van der Waals surface area (Å²) in [6.07, 6.45) is 0. The van der Waals surface area contributed by atoms with E-state index in [4.69, 9.17) is 5.11 Å². The van der Waals surface area contributed by atoms with Crippen molar-refractivity contribution in [3.8, 4) is 11.4 Å². The van der Waals surface area contributed by atoms with Crippen molar-refractivity contribution in [2.45, 2.75) is 25.0 Å². The van der Waals surface area contributed by atoms with Crippen LogP contribution in [0, 0.1) is 0 Å². The molecular formula is C11H12BrN3O2S2. The predicted octanol–water partition coefficient (Wildman–Crippen LogP) is 3.53. The molecule has 0 fully saturated rings. The number of rotatable bonds is 5. The van der Waals surface area contributed by atoms with Crippen molar-refractivity contribution >= 4 is 45.0 Å². The average Bonchev–Trinajstić information content (AvgIpc) is 2.91. The third kappa shape index (κ3) is 3.37. The molecule has 0 aliphatic rings. The molecule has 0 spiro atoms. The van der Waals surface area contributed by atoms with Crippen molar-refractivity contribution in [2.24, 2.45) is 0 Å². The first-order valence-electron chi connectivity index (χ1n) is 5.53. The van der Waals surface area contributed by atoms with Gasteiger partial charge >= 0.3 is 5.97 Å². The van der Waals surface area contributed by atoms with E-state index < -0.39 is 5.97 Å². The zero-order chi connectivity index (χ0) is 14.0. The van der Waals surface area contributed by atoms with Gasteiger partial charge in [0.25, 0.3) is 0 Å². The fraction of sp³-hybridized carbons (Fsp3) is 0.364. The normalized spacial score (nSPS) is 11.2. The topological polar surface area (TPSA) is 68.0 Å². The first-order chi connectivity index (χ1) is 8.99. The van der Waals surface area contributed by atoms with Gasteiger partial charge < -0.3 is 5.11 Å². The minimum Gasteiger partial charge on any atom is -0.481 e. The summed E-state index contributed by atoms with van der Waals surface area (Å²) in [5, 5.41) is 19.7. The van der Waals surface area contributed by atoms with Gasteiger partial charge in [-0.1, -0.05) is 11.8 Å². The van der Waals surface area contributed by atoms with Crippen LogP contribution in [0.5, 0.6) is 0 Å². The van der Waals surface area contributed by atoms with Crippen molar-refractivity contribution < 1.29 is 9.90 Å². The fourth-order valence-corrected chi connectivity index (χ4v) is 3.51. The van der Waals surface area contributed by atoms with E-state index >= 15 is 0 Å². The Balaban J connectivity index is 2.37. The van der Waals surface area contributed by atoms with Crippen molar-refractivity contribution in [1.29, 1.82) is 0 Å². The van der Waals surface area contributed by atoms with Gasteiger partial charge in [0, 0.05) is 17.0 Å². The molecule has 0 aromatic carbocycles. The molecule has 5 nitrogen and oxygen atoms in total. The maximum Gasteiger partial charge on any atom is 0.313 e. The van der Waals surface area contributed by atoms with Gasteiger partial charge in [-0.25, -0.2) is 0 Å². The quantitative estimate of drug-likeness (QED) is 0.825. The van der Waals surface area contributed by atoms with E-state index in [2.05, 4.69) is 26.1 Å².